The lowest BCUT2D eigenvalue weighted by Gasteiger charge is -2.04. The molecule has 0 aliphatic carbocycles. The Hall–Kier alpha value is -0.650. The maximum Gasteiger partial charge on any atom is 0.302 e. The third kappa shape index (κ3) is 24.7. The summed E-state index contributed by atoms with van der Waals surface area (Å²) in [6.45, 7) is 11.5. The molecule has 5 nitrogen and oxygen atoms in total. The Morgan fingerprint density at radius 3 is 1.67 bits per heavy atom. The molecule has 0 heterocycles. The molecule has 2 N–H and O–H groups in total. The molecule has 0 unspecified atom stereocenters. The number of ether oxygens (including phenoxy) is 1. The highest BCUT2D eigenvalue weighted by molar-refractivity contribution is 5.65. The van der Waals surface area contributed by atoms with Crippen LogP contribution in [0, 0.1) is 0 Å². The summed E-state index contributed by atoms with van der Waals surface area (Å²) in [4.78, 5) is 19.8. The molecule has 0 fully saturated rings. The monoisotopic (exact) mass is 222 g/mol. The van der Waals surface area contributed by atoms with E-state index in [9.17, 15) is 4.79 Å². The van der Waals surface area contributed by atoms with E-state index in [-0.39, 0.29) is 18.2 Å². The molecule has 92 valence electrons. The smallest absolute Gasteiger partial charge is 0.302 e. The number of esters is 1. The number of carbonyl (C=O) groups is 1. The zero-order chi connectivity index (χ0) is 12.3. The van der Waals surface area contributed by atoms with Crippen LogP contribution in [0.25, 0.3) is 0 Å². The topological polar surface area (TPSA) is 61.4 Å². The van der Waals surface area contributed by atoms with Gasteiger partial charge >= 0.3 is 5.97 Å². The van der Waals surface area contributed by atoms with Gasteiger partial charge in [-0.2, -0.15) is 9.68 Å². The van der Waals surface area contributed by atoms with E-state index in [1.165, 1.54) is 12.6 Å². The van der Waals surface area contributed by atoms with Crippen LogP contribution in [-0.4, -0.2) is 24.8 Å². The average molecular weight is 222 g/mol. The lowest BCUT2D eigenvalue weighted by molar-refractivity contribution is -1.08. The van der Waals surface area contributed by atoms with Crippen LogP contribution in [0.4, 0.5) is 0 Å². The fraction of sp³-hybridized carbons (Fsp3) is 0.900. The van der Waals surface area contributed by atoms with E-state index < -0.39 is 0 Å². The molecule has 0 aromatic rings. The molecule has 5 heteroatoms. The van der Waals surface area contributed by atoms with Gasteiger partial charge in [-0.15, -0.1) is 0 Å². The summed E-state index contributed by atoms with van der Waals surface area (Å²) in [5.41, 5.74) is 1.40. The van der Waals surface area contributed by atoms with E-state index in [1.54, 1.807) is 6.92 Å². The average Bonchev–Trinajstić information content (AvgIpc) is 2.03. The number of hydrogen-bond acceptors (Lipinski definition) is 4. The Kier molecular flexibility index (Phi) is 12.8. The molecule has 0 saturated carbocycles. The maximum atomic E-state index is 9.82. The fourth-order valence-electron chi connectivity index (χ4n) is 0.458. The van der Waals surface area contributed by atoms with Gasteiger partial charge < -0.3 is 4.74 Å². The Morgan fingerprint density at radius 2 is 1.53 bits per heavy atom. The molecule has 0 aliphatic rings. The summed E-state index contributed by atoms with van der Waals surface area (Å²) in [7, 11) is 0. The molecular weight excluding hydrogens is 198 g/mol. The van der Waals surface area contributed by atoms with Crippen molar-refractivity contribution in [2.24, 2.45) is 0 Å². The molecular formula is C10H24NO4+. The van der Waals surface area contributed by atoms with Crippen molar-refractivity contribution in [3.05, 3.63) is 0 Å². The SMILES string of the molecule is CC(C)O[NH2+]OC(C)C.CCOC(C)=O. The van der Waals surface area contributed by atoms with Gasteiger partial charge in [-0.25, -0.2) is 0 Å². The summed E-state index contributed by atoms with van der Waals surface area (Å²) in [6.07, 6.45) is 0.424. The quantitative estimate of drug-likeness (QED) is 0.552. The van der Waals surface area contributed by atoms with Crippen molar-refractivity contribution in [1.82, 2.24) is 0 Å². The molecule has 0 amide bonds. The Balaban J connectivity index is 0. The first-order chi connectivity index (χ1) is 6.90. The molecule has 0 radical (unpaired) electrons. The largest absolute Gasteiger partial charge is 0.466 e. The molecule has 15 heavy (non-hydrogen) atoms. The van der Waals surface area contributed by atoms with Gasteiger partial charge in [0.25, 0.3) is 0 Å². The van der Waals surface area contributed by atoms with Gasteiger partial charge in [-0.1, -0.05) is 5.64 Å². The Bertz CT molecular complexity index is 140. The van der Waals surface area contributed by atoms with Crippen LogP contribution in [-0.2, 0) is 19.2 Å². The second-order valence-corrected chi connectivity index (χ2v) is 3.39. The van der Waals surface area contributed by atoms with Crippen molar-refractivity contribution >= 4 is 5.97 Å². The lowest BCUT2D eigenvalue weighted by Crippen LogP contribution is -2.84. The number of hydrogen-bond donors (Lipinski definition) is 1. The number of quaternary nitrogens is 1. The normalized spacial score (nSPS) is 9.87. The van der Waals surface area contributed by atoms with Crippen LogP contribution >= 0.6 is 0 Å². The predicted molar refractivity (Wildman–Crippen MR) is 56.7 cm³/mol. The van der Waals surface area contributed by atoms with Crippen molar-refractivity contribution in [3.63, 3.8) is 0 Å². The number of carbonyl (C=O) groups excluding carboxylic acids is 1. The van der Waals surface area contributed by atoms with Gasteiger partial charge in [0, 0.05) is 6.92 Å². The van der Waals surface area contributed by atoms with E-state index >= 15 is 0 Å². The van der Waals surface area contributed by atoms with E-state index in [1.807, 2.05) is 27.7 Å². The highest BCUT2D eigenvalue weighted by Gasteiger charge is 1.98. The highest BCUT2D eigenvalue weighted by Crippen LogP contribution is 1.79. The van der Waals surface area contributed by atoms with E-state index in [0.717, 1.165) is 0 Å². The van der Waals surface area contributed by atoms with Gasteiger partial charge in [-0.05, 0) is 34.6 Å². The van der Waals surface area contributed by atoms with Crippen molar-refractivity contribution < 1.29 is 24.8 Å². The maximum absolute atomic E-state index is 9.82. The second-order valence-electron chi connectivity index (χ2n) is 3.39. The molecule has 0 aromatic heterocycles. The van der Waals surface area contributed by atoms with Crippen molar-refractivity contribution in [2.45, 2.75) is 53.8 Å². The van der Waals surface area contributed by atoms with Gasteiger partial charge in [0.15, 0.2) is 0 Å². The van der Waals surface area contributed by atoms with Crippen molar-refractivity contribution in [2.75, 3.05) is 6.61 Å². The third-order valence-electron chi connectivity index (χ3n) is 1.00. The summed E-state index contributed by atoms with van der Waals surface area (Å²) in [5, 5.41) is 0. The second kappa shape index (κ2) is 11.4. The summed E-state index contributed by atoms with van der Waals surface area (Å²) in [5.74, 6) is -0.211. The van der Waals surface area contributed by atoms with Crippen LogP contribution in [0.1, 0.15) is 41.5 Å². The van der Waals surface area contributed by atoms with Crippen molar-refractivity contribution in [1.29, 1.82) is 0 Å². The zero-order valence-electron chi connectivity index (χ0n) is 10.6. The molecule has 0 aromatic carbocycles. The molecule has 0 bridgehead atoms. The summed E-state index contributed by atoms with van der Waals surface area (Å²) >= 11 is 0. The number of rotatable bonds is 5. The van der Waals surface area contributed by atoms with Crippen LogP contribution in [0.2, 0.25) is 0 Å². The summed E-state index contributed by atoms with van der Waals surface area (Å²) in [6, 6.07) is 0. The zero-order valence-corrected chi connectivity index (χ0v) is 10.6. The van der Waals surface area contributed by atoms with E-state index in [4.69, 9.17) is 9.68 Å². The van der Waals surface area contributed by atoms with E-state index in [2.05, 4.69) is 4.74 Å². The number of nitrogens with two attached hydrogens (primary N) is 1. The third-order valence-corrected chi connectivity index (χ3v) is 1.00. The van der Waals surface area contributed by atoms with Gasteiger partial charge in [0.1, 0.15) is 12.2 Å². The highest BCUT2D eigenvalue weighted by atomic mass is 16.9. The molecule has 0 atom stereocenters. The van der Waals surface area contributed by atoms with Gasteiger partial charge in [0.05, 0.1) is 6.61 Å². The van der Waals surface area contributed by atoms with Crippen molar-refractivity contribution in [3.8, 4) is 0 Å². The predicted octanol–water partition coefficient (Wildman–Crippen LogP) is 0.799. The van der Waals surface area contributed by atoms with Crippen LogP contribution in [0.5, 0.6) is 0 Å². The van der Waals surface area contributed by atoms with Crippen LogP contribution < -0.4 is 5.64 Å². The minimum absolute atomic E-state index is 0.211. The first-order valence-corrected chi connectivity index (χ1v) is 5.16. The fourth-order valence-corrected chi connectivity index (χ4v) is 0.458. The first-order valence-electron chi connectivity index (χ1n) is 5.16. The van der Waals surface area contributed by atoms with Crippen LogP contribution in [0.3, 0.4) is 0 Å². The minimum Gasteiger partial charge on any atom is -0.466 e. The first kappa shape index (κ1) is 16.8. The molecule has 0 saturated heterocycles. The standard InChI is InChI=1S/C6H16NO2.C4H8O2/c1-5(2)8-7-9-6(3)4;1-3-6-4(2)5/h5-6H,7H2,1-4H3;3H2,1-2H3/q+1;. The Morgan fingerprint density at radius 1 is 1.13 bits per heavy atom. The Labute approximate surface area is 92.0 Å². The van der Waals surface area contributed by atoms with E-state index in [0.29, 0.717) is 6.61 Å². The molecule has 0 rings (SSSR count). The minimum atomic E-state index is -0.211. The lowest BCUT2D eigenvalue weighted by atomic mass is 10.5. The summed E-state index contributed by atoms with van der Waals surface area (Å²) < 4.78 is 4.40. The van der Waals surface area contributed by atoms with Gasteiger partial charge in [-0.3, -0.25) is 4.79 Å². The molecule has 0 spiro atoms. The molecule has 0 aliphatic heterocycles. The van der Waals surface area contributed by atoms with Gasteiger partial charge in [0.2, 0.25) is 0 Å². The van der Waals surface area contributed by atoms with Crippen LogP contribution in [0.15, 0.2) is 0 Å².